The van der Waals surface area contributed by atoms with Gasteiger partial charge in [0.15, 0.2) is 11.5 Å². The summed E-state index contributed by atoms with van der Waals surface area (Å²) < 4.78 is 45.8. The van der Waals surface area contributed by atoms with E-state index in [1.807, 2.05) is 4.90 Å². The minimum absolute atomic E-state index is 0.0764. The second kappa shape index (κ2) is 8.62. The minimum atomic E-state index is -4.53. The van der Waals surface area contributed by atoms with Gasteiger partial charge in [0.25, 0.3) is 0 Å². The van der Waals surface area contributed by atoms with E-state index in [1.54, 1.807) is 12.1 Å². The first kappa shape index (κ1) is 20.0. The van der Waals surface area contributed by atoms with Gasteiger partial charge >= 0.3 is 6.18 Å². The molecule has 1 atom stereocenters. The Morgan fingerprint density at radius 1 is 1.07 bits per heavy atom. The van der Waals surface area contributed by atoms with Gasteiger partial charge in [-0.05, 0) is 30.9 Å². The summed E-state index contributed by atoms with van der Waals surface area (Å²) in [6.07, 6.45) is 0.533. The molecule has 0 amide bonds. The summed E-state index contributed by atoms with van der Waals surface area (Å²) in [6.45, 7) is 5.64. The smallest absolute Gasteiger partial charge is 0.379 e. The Morgan fingerprint density at radius 3 is 2.55 bits per heavy atom. The normalized spacial score (nSPS) is 21.3. The quantitative estimate of drug-likeness (QED) is 0.776. The maximum absolute atomic E-state index is 13.5. The third-order valence-electron chi connectivity index (χ3n) is 5.40. The standard InChI is InChI=1S/C20H24F3N5O/c21-20(22,23)17-12-18(26-19(25-17)16-3-5-24-6-4-16)28-7-1-2-15(14-28)13-27-8-10-29-11-9-27/h3-6,12,15H,1-2,7-11,13-14H2. The molecule has 0 aromatic carbocycles. The summed E-state index contributed by atoms with van der Waals surface area (Å²) >= 11 is 0. The first-order valence-electron chi connectivity index (χ1n) is 9.91. The maximum Gasteiger partial charge on any atom is 0.433 e. The van der Waals surface area contributed by atoms with Crippen molar-refractivity contribution in [3.63, 3.8) is 0 Å². The van der Waals surface area contributed by atoms with Crippen LogP contribution >= 0.6 is 0 Å². The molecule has 0 aliphatic carbocycles. The van der Waals surface area contributed by atoms with Crippen molar-refractivity contribution in [2.45, 2.75) is 19.0 Å². The summed E-state index contributed by atoms with van der Waals surface area (Å²) in [5.74, 6) is 0.814. The monoisotopic (exact) mass is 407 g/mol. The van der Waals surface area contributed by atoms with Gasteiger partial charge in [0.1, 0.15) is 5.82 Å². The zero-order valence-electron chi connectivity index (χ0n) is 16.1. The first-order chi connectivity index (χ1) is 14.0. The lowest BCUT2D eigenvalue weighted by Crippen LogP contribution is -2.44. The molecule has 2 aromatic rings. The van der Waals surface area contributed by atoms with E-state index in [0.717, 1.165) is 51.8 Å². The van der Waals surface area contributed by atoms with Crippen molar-refractivity contribution in [2.24, 2.45) is 5.92 Å². The van der Waals surface area contributed by atoms with Crippen LogP contribution in [0.15, 0.2) is 30.6 Å². The Hall–Kier alpha value is -2.26. The van der Waals surface area contributed by atoms with Crippen molar-refractivity contribution in [2.75, 3.05) is 50.8 Å². The third-order valence-corrected chi connectivity index (χ3v) is 5.40. The highest BCUT2D eigenvalue weighted by atomic mass is 19.4. The van der Waals surface area contributed by atoms with E-state index in [0.29, 0.717) is 30.4 Å². The van der Waals surface area contributed by atoms with Crippen LogP contribution in [0.4, 0.5) is 19.0 Å². The molecule has 29 heavy (non-hydrogen) atoms. The predicted octanol–water partition coefficient (Wildman–Crippen LogP) is 3.11. The topological polar surface area (TPSA) is 54.4 Å². The SMILES string of the molecule is FC(F)(F)c1cc(N2CCCC(CN3CCOCC3)C2)nc(-c2ccncc2)n1. The molecule has 9 heteroatoms. The van der Waals surface area contributed by atoms with Crippen LogP contribution in [0.5, 0.6) is 0 Å². The van der Waals surface area contributed by atoms with Gasteiger partial charge in [-0.2, -0.15) is 13.2 Å². The van der Waals surface area contributed by atoms with E-state index < -0.39 is 11.9 Å². The van der Waals surface area contributed by atoms with Crippen molar-refractivity contribution in [3.05, 3.63) is 36.3 Å². The summed E-state index contributed by atoms with van der Waals surface area (Å²) in [6, 6.07) is 4.31. The van der Waals surface area contributed by atoms with E-state index >= 15 is 0 Å². The number of halogens is 3. The fraction of sp³-hybridized carbons (Fsp3) is 0.550. The highest BCUT2D eigenvalue weighted by Crippen LogP contribution is 2.33. The molecule has 2 fully saturated rings. The lowest BCUT2D eigenvalue weighted by molar-refractivity contribution is -0.141. The van der Waals surface area contributed by atoms with Crippen LogP contribution < -0.4 is 4.90 Å². The van der Waals surface area contributed by atoms with Crippen molar-refractivity contribution < 1.29 is 17.9 Å². The van der Waals surface area contributed by atoms with Crippen LogP contribution in [-0.2, 0) is 10.9 Å². The second-order valence-electron chi connectivity index (χ2n) is 7.54. The molecule has 0 saturated carbocycles. The lowest BCUT2D eigenvalue weighted by atomic mass is 9.97. The molecule has 156 valence electrons. The number of hydrogen-bond donors (Lipinski definition) is 0. The Labute approximate surface area is 167 Å². The van der Waals surface area contributed by atoms with Crippen LogP contribution in [0, 0.1) is 5.92 Å². The molecule has 4 heterocycles. The van der Waals surface area contributed by atoms with Gasteiger partial charge in [0, 0.05) is 56.7 Å². The van der Waals surface area contributed by atoms with Gasteiger partial charge in [-0.3, -0.25) is 9.88 Å². The zero-order valence-corrected chi connectivity index (χ0v) is 16.1. The Morgan fingerprint density at radius 2 is 1.83 bits per heavy atom. The highest BCUT2D eigenvalue weighted by Gasteiger charge is 2.35. The molecule has 2 aliphatic heterocycles. The molecular weight excluding hydrogens is 383 g/mol. The van der Waals surface area contributed by atoms with Crippen molar-refractivity contribution in [1.82, 2.24) is 19.9 Å². The number of piperidine rings is 1. The van der Waals surface area contributed by atoms with Crippen LogP contribution in [0.1, 0.15) is 18.5 Å². The van der Waals surface area contributed by atoms with Crippen molar-refractivity contribution >= 4 is 5.82 Å². The number of anilines is 1. The van der Waals surface area contributed by atoms with Gasteiger partial charge in [-0.25, -0.2) is 9.97 Å². The number of pyridine rings is 1. The number of nitrogens with zero attached hydrogens (tertiary/aromatic N) is 5. The summed E-state index contributed by atoms with van der Waals surface area (Å²) in [5, 5.41) is 0. The van der Waals surface area contributed by atoms with Gasteiger partial charge in [-0.1, -0.05) is 0 Å². The van der Waals surface area contributed by atoms with Crippen LogP contribution in [-0.4, -0.2) is 65.8 Å². The van der Waals surface area contributed by atoms with Gasteiger partial charge in [-0.15, -0.1) is 0 Å². The second-order valence-corrected chi connectivity index (χ2v) is 7.54. The first-order valence-corrected chi connectivity index (χ1v) is 9.91. The Bertz CT molecular complexity index is 812. The fourth-order valence-electron chi connectivity index (χ4n) is 3.94. The summed E-state index contributed by atoms with van der Waals surface area (Å²) in [4.78, 5) is 16.5. The summed E-state index contributed by atoms with van der Waals surface area (Å²) in [5.41, 5.74) is -0.390. The maximum atomic E-state index is 13.5. The number of alkyl halides is 3. The Kier molecular flexibility index (Phi) is 5.96. The van der Waals surface area contributed by atoms with Gasteiger partial charge in [0.2, 0.25) is 0 Å². The van der Waals surface area contributed by atoms with E-state index in [9.17, 15) is 13.2 Å². The zero-order chi connectivity index (χ0) is 20.3. The average Bonchev–Trinajstić information content (AvgIpc) is 2.74. The minimum Gasteiger partial charge on any atom is -0.379 e. The number of ether oxygens (including phenoxy) is 1. The van der Waals surface area contributed by atoms with Crippen molar-refractivity contribution in [1.29, 1.82) is 0 Å². The van der Waals surface area contributed by atoms with Gasteiger partial charge < -0.3 is 9.64 Å². The van der Waals surface area contributed by atoms with Crippen LogP contribution in [0.25, 0.3) is 11.4 Å². The molecule has 0 bridgehead atoms. The fourth-order valence-corrected chi connectivity index (χ4v) is 3.94. The average molecular weight is 407 g/mol. The highest BCUT2D eigenvalue weighted by molar-refractivity contribution is 5.57. The molecule has 6 nitrogen and oxygen atoms in total. The molecular formula is C20H24F3N5O. The number of aromatic nitrogens is 3. The lowest BCUT2D eigenvalue weighted by Gasteiger charge is -2.37. The number of rotatable bonds is 4. The molecule has 0 spiro atoms. The third kappa shape index (κ3) is 5.02. The summed E-state index contributed by atoms with van der Waals surface area (Å²) in [7, 11) is 0. The van der Waals surface area contributed by atoms with E-state index in [1.165, 1.54) is 12.4 Å². The number of hydrogen-bond acceptors (Lipinski definition) is 6. The molecule has 2 aliphatic rings. The van der Waals surface area contributed by atoms with Crippen molar-refractivity contribution in [3.8, 4) is 11.4 Å². The molecule has 0 N–H and O–H groups in total. The molecule has 0 radical (unpaired) electrons. The Balaban J connectivity index is 1.57. The molecule has 4 rings (SSSR count). The van der Waals surface area contributed by atoms with Crippen LogP contribution in [0.3, 0.4) is 0 Å². The molecule has 2 saturated heterocycles. The van der Waals surface area contributed by atoms with Gasteiger partial charge in [0.05, 0.1) is 13.2 Å². The number of morpholine rings is 1. The molecule has 1 unspecified atom stereocenters. The largest absolute Gasteiger partial charge is 0.433 e. The van der Waals surface area contributed by atoms with E-state index in [2.05, 4.69) is 19.9 Å². The van der Waals surface area contributed by atoms with Crippen LogP contribution in [0.2, 0.25) is 0 Å². The van der Waals surface area contributed by atoms with E-state index in [4.69, 9.17) is 4.74 Å². The van der Waals surface area contributed by atoms with E-state index in [-0.39, 0.29) is 5.82 Å². The molecule has 2 aromatic heterocycles. The predicted molar refractivity (Wildman–Crippen MR) is 102 cm³/mol.